The first-order chi connectivity index (χ1) is 9.38. The van der Waals surface area contributed by atoms with Crippen LogP contribution in [-0.2, 0) is 20.3 Å². The molecule has 1 fully saturated rings. The van der Waals surface area contributed by atoms with Crippen molar-refractivity contribution in [2.75, 3.05) is 7.05 Å². The number of halogens is 1. The lowest BCUT2D eigenvalue weighted by molar-refractivity contribution is -0.133. The molecule has 0 aromatic heterocycles. The first-order valence-corrected chi connectivity index (χ1v) is 8.98. The van der Waals surface area contributed by atoms with E-state index in [0.717, 1.165) is 18.4 Å². The number of nitrogens with zero attached hydrogens (tertiary/aromatic N) is 1. The maximum atomic E-state index is 12.0. The number of carbonyl (C=O) groups excluding carboxylic acids is 1. The molecule has 0 radical (unpaired) electrons. The Morgan fingerprint density at radius 3 is 2.35 bits per heavy atom. The molecule has 0 heterocycles. The molecule has 20 heavy (non-hydrogen) atoms. The van der Waals surface area contributed by atoms with Gasteiger partial charge in [-0.25, -0.2) is 8.42 Å². The van der Waals surface area contributed by atoms with Crippen LogP contribution in [0.15, 0.2) is 29.2 Å². The van der Waals surface area contributed by atoms with Gasteiger partial charge in [-0.2, -0.15) is 0 Å². The van der Waals surface area contributed by atoms with Crippen molar-refractivity contribution < 1.29 is 13.2 Å². The standard InChI is InChI=1S/C14H18ClNO3S/c1-16(12-3-2-4-12)14(17)10-7-11-5-8-13(9-6-11)20(15,18)19/h5-6,8-9,12H,2-4,7,10H2,1H3. The highest BCUT2D eigenvalue weighted by Gasteiger charge is 2.25. The van der Waals surface area contributed by atoms with E-state index < -0.39 is 9.05 Å². The van der Waals surface area contributed by atoms with E-state index in [1.807, 2.05) is 11.9 Å². The highest BCUT2D eigenvalue weighted by Crippen LogP contribution is 2.24. The van der Waals surface area contributed by atoms with Gasteiger partial charge in [0.05, 0.1) is 4.90 Å². The molecule has 110 valence electrons. The molecule has 0 N–H and O–H groups in total. The van der Waals surface area contributed by atoms with E-state index in [9.17, 15) is 13.2 Å². The summed E-state index contributed by atoms with van der Waals surface area (Å²) in [5.41, 5.74) is 0.935. The Hall–Kier alpha value is -1.07. The number of benzene rings is 1. The Kier molecular flexibility index (Phi) is 4.70. The number of rotatable bonds is 5. The van der Waals surface area contributed by atoms with Crippen LogP contribution in [-0.4, -0.2) is 32.3 Å². The van der Waals surface area contributed by atoms with Crippen molar-refractivity contribution in [1.82, 2.24) is 4.90 Å². The summed E-state index contributed by atoms with van der Waals surface area (Å²) in [7, 11) is 3.43. The summed E-state index contributed by atoms with van der Waals surface area (Å²) in [6.07, 6.45) is 4.46. The van der Waals surface area contributed by atoms with Crippen molar-refractivity contribution in [1.29, 1.82) is 0 Å². The third-order valence-corrected chi connectivity index (χ3v) is 5.22. The van der Waals surface area contributed by atoms with Crippen LogP contribution in [0.1, 0.15) is 31.2 Å². The van der Waals surface area contributed by atoms with Gasteiger partial charge in [0.15, 0.2) is 0 Å². The molecular formula is C14H18ClNO3S. The lowest BCUT2D eigenvalue weighted by atomic mass is 9.91. The van der Waals surface area contributed by atoms with E-state index >= 15 is 0 Å². The van der Waals surface area contributed by atoms with Gasteiger partial charge in [-0.15, -0.1) is 0 Å². The minimum atomic E-state index is -3.67. The third-order valence-electron chi connectivity index (χ3n) is 3.85. The Labute approximate surface area is 124 Å². The average Bonchev–Trinajstić information content (AvgIpc) is 2.33. The number of hydrogen-bond donors (Lipinski definition) is 0. The minimum Gasteiger partial charge on any atom is -0.343 e. The van der Waals surface area contributed by atoms with Crippen LogP contribution in [0, 0.1) is 0 Å². The van der Waals surface area contributed by atoms with Crippen LogP contribution in [0.2, 0.25) is 0 Å². The van der Waals surface area contributed by atoms with Gasteiger partial charge in [0.2, 0.25) is 5.91 Å². The molecule has 0 unspecified atom stereocenters. The fourth-order valence-corrected chi connectivity index (χ4v) is 2.99. The monoisotopic (exact) mass is 315 g/mol. The van der Waals surface area contributed by atoms with Gasteiger partial charge in [-0.3, -0.25) is 4.79 Å². The minimum absolute atomic E-state index is 0.0841. The van der Waals surface area contributed by atoms with Gasteiger partial charge >= 0.3 is 0 Å². The van der Waals surface area contributed by atoms with Crippen LogP contribution < -0.4 is 0 Å². The van der Waals surface area contributed by atoms with Crippen LogP contribution in [0.3, 0.4) is 0 Å². The van der Waals surface area contributed by atoms with E-state index in [0.29, 0.717) is 18.9 Å². The zero-order valence-electron chi connectivity index (χ0n) is 11.4. The van der Waals surface area contributed by atoms with Gasteiger partial charge < -0.3 is 4.90 Å². The highest BCUT2D eigenvalue weighted by atomic mass is 35.7. The van der Waals surface area contributed by atoms with Gasteiger partial charge in [-0.1, -0.05) is 12.1 Å². The van der Waals surface area contributed by atoms with Gasteiger partial charge in [0, 0.05) is 30.2 Å². The Balaban J connectivity index is 1.89. The molecule has 1 aliphatic carbocycles. The molecule has 4 nitrogen and oxygen atoms in total. The molecule has 1 aliphatic rings. The molecule has 1 saturated carbocycles. The molecule has 0 bridgehead atoms. The average molecular weight is 316 g/mol. The fraction of sp³-hybridized carbons (Fsp3) is 0.500. The summed E-state index contributed by atoms with van der Waals surface area (Å²) in [5, 5.41) is 0. The van der Waals surface area contributed by atoms with Gasteiger partial charge in [0.1, 0.15) is 0 Å². The Bertz CT molecular complexity index is 579. The van der Waals surface area contributed by atoms with Crippen molar-refractivity contribution in [3.63, 3.8) is 0 Å². The van der Waals surface area contributed by atoms with E-state index in [2.05, 4.69) is 0 Å². The number of hydrogen-bond acceptors (Lipinski definition) is 3. The molecule has 2 rings (SSSR count). The van der Waals surface area contributed by atoms with E-state index in [1.54, 1.807) is 12.1 Å². The summed E-state index contributed by atoms with van der Waals surface area (Å²) >= 11 is 0. The van der Waals surface area contributed by atoms with Crippen LogP contribution in [0.5, 0.6) is 0 Å². The topological polar surface area (TPSA) is 54.5 Å². The van der Waals surface area contributed by atoms with Gasteiger partial charge in [-0.05, 0) is 43.4 Å². The first kappa shape index (κ1) is 15.3. The maximum absolute atomic E-state index is 12.0. The fourth-order valence-electron chi connectivity index (χ4n) is 2.22. The van der Waals surface area contributed by atoms with Crippen LogP contribution >= 0.6 is 10.7 Å². The summed E-state index contributed by atoms with van der Waals surface area (Å²) in [6.45, 7) is 0. The summed E-state index contributed by atoms with van der Waals surface area (Å²) < 4.78 is 22.2. The van der Waals surface area contributed by atoms with E-state index in [-0.39, 0.29) is 10.8 Å². The summed E-state index contributed by atoms with van der Waals surface area (Å²) in [4.78, 5) is 13.9. The largest absolute Gasteiger partial charge is 0.343 e. The number of carbonyl (C=O) groups is 1. The van der Waals surface area contributed by atoms with Gasteiger partial charge in [0.25, 0.3) is 9.05 Å². The highest BCUT2D eigenvalue weighted by molar-refractivity contribution is 8.13. The van der Waals surface area contributed by atoms with Crippen molar-refractivity contribution in [2.45, 2.75) is 43.0 Å². The number of amides is 1. The Morgan fingerprint density at radius 2 is 1.90 bits per heavy atom. The molecular weight excluding hydrogens is 298 g/mol. The molecule has 1 amide bonds. The lowest BCUT2D eigenvalue weighted by Crippen LogP contribution is -2.41. The predicted octanol–water partition coefficient (Wildman–Crippen LogP) is 2.56. The summed E-state index contributed by atoms with van der Waals surface area (Å²) in [5.74, 6) is 0.142. The quantitative estimate of drug-likeness (QED) is 0.785. The zero-order chi connectivity index (χ0) is 14.8. The molecule has 1 aromatic rings. The molecule has 0 aliphatic heterocycles. The normalized spacial score (nSPS) is 15.7. The molecule has 0 spiro atoms. The summed E-state index contributed by atoms with van der Waals surface area (Å²) in [6, 6.07) is 6.75. The maximum Gasteiger partial charge on any atom is 0.261 e. The van der Waals surface area contributed by atoms with E-state index in [4.69, 9.17) is 10.7 Å². The second-order valence-electron chi connectivity index (χ2n) is 5.17. The zero-order valence-corrected chi connectivity index (χ0v) is 13.0. The predicted molar refractivity (Wildman–Crippen MR) is 78.2 cm³/mol. The van der Waals surface area contributed by atoms with Crippen molar-refractivity contribution in [3.8, 4) is 0 Å². The molecule has 0 atom stereocenters. The molecule has 6 heteroatoms. The SMILES string of the molecule is CN(C(=O)CCc1ccc(S(=O)(=O)Cl)cc1)C1CCC1. The van der Waals surface area contributed by atoms with E-state index in [1.165, 1.54) is 18.6 Å². The first-order valence-electron chi connectivity index (χ1n) is 6.67. The Morgan fingerprint density at radius 1 is 1.30 bits per heavy atom. The van der Waals surface area contributed by atoms with Crippen molar-refractivity contribution in [2.24, 2.45) is 0 Å². The van der Waals surface area contributed by atoms with Crippen LogP contribution in [0.4, 0.5) is 0 Å². The third kappa shape index (κ3) is 3.73. The second-order valence-corrected chi connectivity index (χ2v) is 7.74. The molecule has 0 saturated heterocycles. The smallest absolute Gasteiger partial charge is 0.261 e. The van der Waals surface area contributed by atoms with Crippen LogP contribution in [0.25, 0.3) is 0 Å². The number of aryl methyl sites for hydroxylation is 1. The van der Waals surface area contributed by atoms with Crippen molar-refractivity contribution in [3.05, 3.63) is 29.8 Å². The molecule has 1 aromatic carbocycles. The lowest BCUT2D eigenvalue weighted by Gasteiger charge is -2.34. The van der Waals surface area contributed by atoms with Crippen molar-refractivity contribution >= 4 is 25.6 Å². The second kappa shape index (κ2) is 6.14.